The maximum Gasteiger partial charge on any atom is 0.328 e. The van der Waals surface area contributed by atoms with Crippen LogP contribution in [0, 0.1) is 5.92 Å². The first-order chi connectivity index (χ1) is 15.7. The summed E-state index contributed by atoms with van der Waals surface area (Å²) >= 11 is 0. The number of nitrogens with zero attached hydrogens (tertiary/aromatic N) is 1. The van der Waals surface area contributed by atoms with Gasteiger partial charge in [-0.2, -0.15) is 0 Å². The molecule has 9 nitrogen and oxygen atoms in total. The van der Waals surface area contributed by atoms with Crippen LogP contribution >= 0.6 is 0 Å². The Bertz CT molecular complexity index is 1180. The predicted octanol–water partition coefficient (Wildman–Crippen LogP) is 2.46. The summed E-state index contributed by atoms with van der Waals surface area (Å²) in [5.41, 5.74) is 1.66. The number of hydrogen-bond acceptors (Lipinski definition) is 6. The molecule has 2 unspecified atom stereocenters. The second-order valence-electron chi connectivity index (χ2n) is 8.52. The van der Waals surface area contributed by atoms with E-state index >= 15 is 0 Å². The molecule has 1 aliphatic heterocycles. The van der Waals surface area contributed by atoms with Gasteiger partial charge in [-0.3, -0.25) is 14.5 Å². The van der Waals surface area contributed by atoms with Gasteiger partial charge in [0.1, 0.15) is 0 Å². The number of anilines is 1. The number of amides is 4. The number of fused-ring (bicyclic) bond motifs is 1. The van der Waals surface area contributed by atoms with Gasteiger partial charge in [-0.1, -0.05) is 31.2 Å². The minimum absolute atomic E-state index is 0.0254. The van der Waals surface area contributed by atoms with Crippen LogP contribution < -0.4 is 15.4 Å². The lowest BCUT2D eigenvalue weighted by molar-refractivity contribution is -0.127. The third kappa shape index (κ3) is 5.16. The summed E-state index contributed by atoms with van der Waals surface area (Å²) in [6.45, 7) is 2.17. The number of carbonyl (C=O) groups excluding carboxylic acids is 3. The Morgan fingerprint density at radius 2 is 1.82 bits per heavy atom. The molecule has 3 N–H and O–H groups in total. The van der Waals surface area contributed by atoms with Crippen LogP contribution in [0.1, 0.15) is 42.1 Å². The van der Waals surface area contributed by atoms with Gasteiger partial charge in [0, 0.05) is 11.7 Å². The normalized spacial score (nSPS) is 20.0. The molecular weight excluding hydrogens is 444 g/mol. The first-order valence-corrected chi connectivity index (χ1v) is 12.3. The van der Waals surface area contributed by atoms with E-state index in [4.69, 9.17) is 0 Å². The summed E-state index contributed by atoms with van der Waals surface area (Å²) < 4.78 is 27.1. The minimum Gasteiger partial charge on any atom is -0.367 e. The highest BCUT2D eigenvalue weighted by atomic mass is 32.2. The number of carbonyl (C=O) groups is 3. The zero-order chi connectivity index (χ0) is 23.6. The van der Waals surface area contributed by atoms with Gasteiger partial charge in [0.2, 0.25) is 5.91 Å². The van der Waals surface area contributed by atoms with Gasteiger partial charge in [-0.15, -0.1) is 0 Å². The molecule has 0 aromatic heterocycles. The second kappa shape index (κ2) is 9.22. The molecule has 0 saturated heterocycles. The Morgan fingerprint density at radius 3 is 2.52 bits per heavy atom. The summed E-state index contributed by atoms with van der Waals surface area (Å²) in [5.74, 6) is -0.269. The Hall–Kier alpha value is -3.40. The lowest BCUT2D eigenvalue weighted by Crippen LogP contribution is -2.44. The fourth-order valence-electron chi connectivity index (χ4n) is 4.20. The van der Waals surface area contributed by atoms with Crippen molar-refractivity contribution in [3.05, 3.63) is 59.7 Å². The maximum absolute atomic E-state index is 12.7. The molecule has 2 aromatic rings. The maximum atomic E-state index is 12.7. The first kappa shape index (κ1) is 22.8. The SMILES string of the molecule is CC1CCC(NC(=O)NS(=O)(=O)c2ccc(CC(=O)N3CNc4ccccc4C3=O)cc2)C1. The molecule has 10 heteroatoms. The summed E-state index contributed by atoms with van der Waals surface area (Å²) in [5, 5.41) is 5.75. The van der Waals surface area contributed by atoms with Crippen LogP contribution in [-0.4, -0.2) is 43.9 Å². The first-order valence-electron chi connectivity index (χ1n) is 10.8. The van der Waals surface area contributed by atoms with Gasteiger partial charge in [0.05, 0.1) is 23.5 Å². The van der Waals surface area contributed by atoms with Gasteiger partial charge in [0.25, 0.3) is 15.9 Å². The topological polar surface area (TPSA) is 125 Å². The van der Waals surface area contributed by atoms with E-state index in [0.29, 0.717) is 22.7 Å². The van der Waals surface area contributed by atoms with E-state index in [1.54, 1.807) is 24.3 Å². The van der Waals surface area contributed by atoms with Crippen molar-refractivity contribution in [1.82, 2.24) is 14.9 Å². The quantitative estimate of drug-likeness (QED) is 0.617. The fraction of sp³-hybridized carbons (Fsp3) is 0.348. The van der Waals surface area contributed by atoms with Gasteiger partial charge in [-0.25, -0.2) is 17.9 Å². The summed E-state index contributed by atoms with van der Waals surface area (Å²) in [4.78, 5) is 38.5. The van der Waals surface area contributed by atoms with E-state index in [0.717, 1.165) is 24.2 Å². The number of benzene rings is 2. The van der Waals surface area contributed by atoms with E-state index in [2.05, 4.69) is 17.6 Å². The van der Waals surface area contributed by atoms with E-state index in [-0.39, 0.29) is 29.9 Å². The highest BCUT2D eigenvalue weighted by molar-refractivity contribution is 7.90. The monoisotopic (exact) mass is 470 g/mol. The molecule has 1 aliphatic carbocycles. The molecule has 2 aromatic carbocycles. The number of nitrogens with one attached hydrogen (secondary N) is 3. The van der Waals surface area contributed by atoms with E-state index in [9.17, 15) is 22.8 Å². The van der Waals surface area contributed by atoms with Crippen LogP contribution in [0.5, 0.6) is 0 Å². The van der Waals surface area contributed by atoms with Gasteiger partial charge >= 0.3 is 6.03 Å². The van der Waals surface area contributed by atoms with Crippen LogP contribution in [0.2, 0.25) is 0 Å². The Morgan fingerprint density at radius 1 is 1.09 bits per heavy atom. The Kier molecular flexibility index (Phi) is 6.37. The third-order valence-corrected chi connectivity index (χ3v) is 7.32. The molecule has 1 heterocycles. The van der Waals surface area contributed by atoms with Crippen LogP contribution in [0.4, 0.5) is 10.5 Å². The highest BCUT2D eigenvalue weighted by Gasteiger charge is 2.29. The molecule has 0 spiro atoms. The lowest BCUT2D eigenvalue weighted by atomic mass is 10.1. The summed E-state index contributed by atoms with van der Waals surface area (Å²) in [6, 6.07) is 11.9. The number of sulfonamides is 1. The molecule has 1 saturated carbocycles. The van der Waals surface area contributed by atoms with E-state index in [1.165, 1.54) is 24.3 Å². The van der Waals surface area contributed by atoms with Crippen molar-refractivity contribution in [3.63, 3.8) is 0 Å². The largest absolute Gasteiger partial charge is 0.367 e. The predicted molar refractivity (Wildman–Crippen MR) is 122 cm³/mol. The van der Waals surface area contributed by atoms with E-state index < -0.39 is 22.0 Å². The minimum atomic E-state index is -4.04. The van der Waals surface area contributed by atoms with Crippen molar-refractivity contribution >= 4 is 33.6 Å². The van der Waals surface area contributed by atoms with Crippen LogP contribution in [0.3, 0.4) is 0 Å². The van der Waals surface area contributed by atoms with Crippen molar-refractivity contribution in [3.8, 4) is 0 Å². The lowest BCUT2D eigenvalue weighted by Gasteiger charge is -2.28. The fourth-order valence-corrected chi connectivity index (χ4v) is 5.11. The molecule has 174 valence electrons. The van der Waals surface area contributed by atoms with Gasteiger partial charge in [-0.05, 0) is 55.0 Å². The smallest absolute Gasteiger partial charge is 0.328 e. The molecule has 0 bridgehead atoms. The van der Waals surface area contributed by atoms with Crippen LogP contribution in [0.25, 0.3) is 0 Å². The summed E-state index contributed by atoms with van der Waals surface area (Å²) in [6.07, 6.45) is 2.60. The Labute approximate surface area is 192 Å². The number of hydrogen-bond donors (Lipinski definition) is 3. The van der Waals surface area contributed by atoms with Crippen molar-refractivity contribution in [1.29, 1.82) is 0 Å². The highest BCUT2D eigenvalue weighted by Crippen LogP contribution is 2.25. The molecule has 1 fully saturated rings. The van der Waals surface area contributed by atoms with Crippen LogP contribution in [-0.2, 0) is 21.2 Å². The average molecular weight is 471 g/mol. The van der Waals surface area contributed by atoms with Crippen molar-refractivity contribution in [2.45, 2.75) is 43.5 Å². The molecular formula is C23H26N4O5S. The second-order valence-corrected chi connectivity index (χ2v) is 10.2. The number of para-hydroxylation sites is 1. The van der Waals surface area contributed by atoms with Crippen molar-refractivity contribution < 1.29 is 22.8 Å². The summed E-state index contributed by atoms with van der Waals surface area (Å²) in [7, 11) is -4.04. The standard InChI is InChI=1S/C23H26N4O5S/c1-15-6-9-17(12-15)25-23(30)26-33(31,32)18-10-7-16(8-11-18)13-21(28)27-14-24-20-5-3-2-4-19(20)22(27)29/h2-5,7-8,10-11,15,17,24H,6,9,12-14H2,1H3,(H2,25,26,30). The molecule has 4 rings (SSSR count). The number of imide groups is 1. The van der Waals surface area contributed by atoms with Crippen molar-refractivity contribution in [2.24, 2.45) is 5.92 Å². The number of urea groups is 1. The molecule has 0 radical (unpaired) electrons. The zero-order valence-corrected chi connectivity index (χ0v) is 19.0. The van der Waals surface area contributed by atoms with Gasteiger partial charge in [0.15, 0.2) is 0 Å². The molecule has 2 atom stereocenters. The molecule has 33 heavy (non-hydrogen) atoms. The average Bonchev–Trinajstić information content (AvgIpc) is 3.18. The zero-order valence-electron chi connectivity index (χ0n) is 18.2. The van der Waals surface area contributed by atoms with Crippen molar-refractivity contribution in [2.75, 3.05) is 12.0 Å². The van der Waals surface area contributed by atoms with Crippen LogP contribution in [0.15, 0.2) is 53.4 Å². The van der Waals surface area contributed by atoms with Gasteiger partial charge < -0.3 is 10.6 Å². The molecule has 4 amide bonds. The Balaban J connectivity index is 1.36. The number of rotatable bonds is 5. The molecule has 2 aliphatic rings. The van der Waals surface area contributed by atoms with E-state index in [1.807, 2.05) is 4.72 Å². The third-order valence-electron chi connectivity index (χ3n) is 5.98.